The van der Waals surface area contributed by atoms with Crippen molar-refractivity contribution in [2.75, 3.05) is 11.9 Å². The van der Waals surface area contributed by atoms with Crippen LogP contribution in [0, 0.1) is 10.1 Å². The SMILES string of the molecule is CCCOc1ccc(NC(=O)c2ccccc2[N+](=O)[O-])cc1. The van der Waals surface area contributed by atoms with E-state index >= 15 is 0 Å². The molecular weight excluding hydrogens is 284 g/mol. The number of hydrogen-bond acceptors (Lipinski definition) is 4. The second-order valence-corrected chi connectivity index (χ2v) is 4.60. The van der Waals surface area contributed by atoms with E-state index in [0.717, 1.165) is 6.42 Å². The third-order valence-corrected chi connectivity index (χ3v) is 2.93. The molecule has 2 aromatic rings. The molecule has 6 nitrogen and oxygen atoms in total. The van der Waals surface area contributed by atoms with Crippen LogP contribution >= 0.6 is 0 Å². The van der Waals surface area contributed by atoms with Gasteiger partial charge in [-0.1, -0.05) is 19.1 Å². The summed E-state index contributed by atoms with van der Waals surface area (Å²) >= 11 is 0. The van der Waals surface area contributed by atoms with E-state index in [1.807, 2.05) is 6.92 Å². The predicted molar refractivity (Wildman–Crippen MR) is 83.3 cm³/mol. The van der Waals surface area contributed by atoms with Crippen molar-refractivity contribution in [1.82, 2.24) is 0 Å². The molecule has 0 fully saturated rings. The number of para-hydroxylation sites is 1. The van der Waals surface area contributed by atoms with Gasteiger partial charge in [0.25, 0.3) is 11.6 Å². The van der Waals surface area contributed by atoms with Crippen molar-refractivity contribution >= 4 is 17.3 Å². The lowest BCUT2D eigenvalue weighted by Gasteiger charge is -2.08. The number of nitrogens with one attached hydrogen (secondary N) is 1. The van der Waals surface area contributed by atoms with Crippen LogP contribution in [0.3, 0.4) is 0 Å². The molecule has 1 amide bonds. The van der Waals surface area contributed by atoms with Crippen molar-refractivity contribution in [3.8, 4) is 5.75 Å². The van der Waals surface area contributed by atoms with E-state index in [0.29, 0.717) is 18.0 Å². The van der Waals surface area contributed by atoms with Crippen LogP contribution in [0.25, 0.3) is 0 Å². The fraction of sp³-hybridized carbons (Fsp3) is 0.188. The minimum atomic E-state index is -0.573. The van der Waals surface area contributed by atoms with Gasteiger partial charge in [-0.3, -0.25) is 14.9 Å². The number of carbonyl (C=O) groups excluding carboxylic acids is 1. The summed E-state index contributed by atoms with van der Waals surface area (Å²) in [6, 6.07) is 12.7. The van der Waals surface area contributed by atoms with Crippen molar-refractivity contribution in [1.29, 1.82) is 0 Å². The third kappa shape index (κ3) is 3.82. The van der Waals surface area contributed by atoms with Gasteiger partial charge in [-0.15, -0.1) is 0 Å². The first-order valence-electron chi connectivity index (χ1n) is 6.89. The minimum absolute atomic E-state index is 0.0267. The van der Waals surface area contributed by atoms with E-state index in [2.05, 4.69) is 5.32 Å². The smallest absolute Gasteiger partial charge is 0.282 e. The number of anilines is 1. The monoisotopic (exact) mass is 300 g/mol. The lowest BCUT2D eigenvalue weighted by Crippen LogP contribution is -2.13. The van der Waals surface area contributed by atoms with Crippen molar-refractivity contribution in [3.63, 3.8) is 0 Å². The van der Waals surface area contributed by atoms with Crippen LogP contribution in [-0.4, -0.2) is 17.4 Å². The van der Waals surface area contributed by atoms with Crippen LogP contribution < -0.4 is 10.1 Å². The summed E-state index contributed by atoms with van der Waals surface area (Å²) in [6.45, 7) is 2.64. The summed E-state index contributed by atoms with van der Waals surface area (Å²) in [5.41, 5.74) is 0.355. The molecule has 0 heterocycles. The van der Waals surface area contributed by atoms with Gasteiger partial charge >= 0.3 is 0 Å². The molecule has 0 aliphatic rings. The molecule has 0 aliphatic carbocycles. The number of nitro benzene ring substituents is 1. The fourth-order valence-electron chi connectivity index (χ4n) is 1.88. The van der Waals surface area contributed by atoms with Crippen LogP contribution in [-0.2, 0) is 0 Å². The van der Waals surface area contributed by atoms with Crippen LogP contribution in [0.4, 0.5) is 11.4 Å². The maximum Gasteiger partial charge on any atom is 0.282 e. The molecule has 1 N–H and O–H groups in total. The van der Waals surface area contributed by atoms with Gasteiger partial charge in [0, 0.05) is 11.8 Å². The number of nitro groups is 1. The summed E-state index contributed by atoms with van der Waals surface area (Å²) < 4.78 is 5.45. The number of nitrogens with zero attached hydrogens (tertiary/aromatic N) is 1. The van der Waals surface area contributed by atoms with E-state index in [1.165, 1.54) is 18.2 Å². The molecule has 0 spiro atoms. The molecular formula is C16H16N2O4. The standard InChI is InChI=1S/C16H16N2O4/c1-2-11-22-13-9-7-12(8-10-13)17-16(19)14-5-3-4-6-15(14)18(20)21/h3-10H,2,11H2,1H3,(H,17,19). The Morgan fingerprint density at radius 2 is 1.86 bits per heavy atom. The normalized spacial score (nSPS) is 10.0. The fourth-order valence-corrected chi connectivity index (χ4v) is 1.88. The Labute approximate surface area is 127 Å². The zero-order chi connectivity index (χ0) is 15.9. The van der Waals surface area contributed by atoms with Crippen LogP contribution in [0.1, 0.15) is 23.7 Å². The number of amides is 1. The summed E-state index contributed by atoms with van der Waals surface area (Å²) in [4.78, 5) is 22.5. The lowest BCUT2D eigenvalue weighted by atomic mass is 10.1. The number of benzene rings is 2. The maximum absolute atomic E-state index is 12.1. The second-order valence-electron chi connectivity index (χ2n) is 4.60. The Hall–Kier alpha value is -2.89. The van der Waals surface area contributed by atoms with Crippen LogP contribution in [0.5, 0.6) is 5.75 Å². The molecule has 0 radical (unpaired) electrons. The average Bonchev–Trinajstić information content (AvgIpc) is 2.54. The topological polar surface area (TPSA) is 81.5 Å². The largest absolute Gasteiger partial charge is 0.494 e. The quantitative estimate of drug-likeness (QED) is 0.652. The molecule has 0 bridgehead atoms. The lowest BCUT2D eigenvalue weighted by molar-refractivity contribution is -0.385. The first-order chi connectivity index (χ1) is 10.6. The Morgan fingerprint density at radius 1 is 1.18 bits per heavy atom. The van der Waals surface area contributed by atoms with Gasteiger partial charge in [0.15, 0.2) is 0 Å². The molecule has 0 saturated heterocycles. The predicted octanol–water partition coefficient (Wildman–Crippen LogP) is 3.64. The van der Waals surface area contributed by atoms with E-state index in [4.69, 9.17) is 4.74 Å². The molecule has 0 aliphatic heterocycles. The van der Waals surface area contributed by atoms with E-state index in [-0.39, 0.29) is 11.3 Å². The molecule has 6 heteroatoms. The summed E-state index contributed by atoms with van der Waals surface area (Å²) in [6.07, 6.45) is 0.913. The number of hydrogen-bond donors (Lipinski definition) is 1. The van der Waals surface area contributed by atoms with E-state index < -0.39 is 10.8 Å². The molecule has 22 heavy (non-hydrogen) atoms. The zero-order valence-electron chi connectivity index (χ0n) is 12.1. The highest BCUT2D eigenvalue weighted by Gasteiger charge is 2.19. The molecule has 2 rings (SSSR count). The molecule has 0 aromatic heterocycles. The van der Waals surface area contributed by atoms with Crippen molar-refractivity contribution in [3.05, 3.63) is 64.2 Å². The Morgan fingerprint density at radius 3 is 2.50 bits per heavy atom. The van der Waals surface area contributed by atoms with Gasteiger partial charge in [0.05, 0.1) is 11.5 Å². The van der Waals surface area contributed by atoms with Gasteiger partial charge in [-0.2, -0.15) is 0 Å². The second kappa shape index (κ2) is 7.21. The zero-order valence-corrected chi connectivity index (χ0v) is 12.1. The molecule has 0 unspecified atom stereocenters. The molecule has 0 saturated carbocycles. The van der Waals surface area contributed by atoms with Crippen LogP contribution in [0.15, 0.2) is 48.5 Å². The van der Waals surface area contributed by atoms with Gasteiger partial charge in [-0.25, -0.2) is 0 Å². The van der Waals surface area contributed by atoms with Crippen molar-refractivity contribution in [2.24, 2.45) is 0 Å². The Balaban J connectivity index is 2.10. The average molecular weight is 300 g/mol. The summed E-state index contributed by atoms with van der Waals surface area (Å²) in [5, 5.41) is 13.6. The summed E-state index contributed by atoms with van der Waals surface area (Å²) in [5.74, 6) is 0.195. The van der Waals surface area contributed by atoms with Crippen molar-refractivity contribution < 1.29 is 14.5 Å². The highest BCUT2D eigenvalue weighted by atomic mass is 16.6. The molecule has 2 aromatic carbocycles. The van der Waals surface area contributed by atoms with E-state index in [9.17, 15) is 14.9 Å². The Kier molecular flexibility index (Phi) is 5.08. The molecule has 114 valence electrons. The van der Waals surface area contributed by atoms with Gasteiger partial charge < -0.3 is 10.1 Å². The highest BCUT2D eigenvalue weighted by molar-refractivity contribution is 6.07. The summed E-state index contributed by atoms with van der Waals surface area (Å²) in [7, 11) is 0. The maximum atomic E-state index is 12.1. The van der Waals surface area contributed by atoms with Crippen molar-refractivity contribution in [2.45, 2.75) is 13.3 Å². The van der Waals surface area contributed by atoms with Gasteiger partial charge in [-0.05, 0) is 36.8 Å². The highest BCUT2D eigenvalue weighted by Crippen LogP contribution is 2.21. The Bertz CT molecular complexity index is 668. The van der Waals surface area contributed by atoms with E-state index in [1.54, 1.807) is 30.3 Å². The van der Waals surface area contributed by atoms with Crippen LogP contribution in [0.2, 0.25) is 0 Å². The van der Waals surface area contributed by atoms with Gasteiger partial charge in [0.1, 0.15) is 11.3 Å². The third-order valence-electron chi connectivity index (χ3n) is 2.93. The number of carbonyl (C=O) groups is 1. The minimum Gasteiger partial charge on any atom is -0.494 e. The first kappa shape index (κ1) is 15.5. The van der Waals surface area contributed by atoms with Gasteiger partial charge in [0.2, 0.25) is 0 Å². The molecule has 0 atom stereocenters. The number of ether oxygens (including phenoxy) is 1. The number of rotatable bonds is 6. The first-order valence-corrected chi connectivity index (χ1v) is 6.89.